The second-order valence-electron chi connectivity index (χ2n) is 16.3. The molecule has 0 unspecified atom stereocenters. The van der Waals surface area contributed by atoms with Gasteiger partial charge < -0.3 is 29.0 Å². The van der Waals surface area contributed by atoms with Gasteiger partial charge in [-0.3, -0.25) is 10.1 Å². The number of benzene rings is 4. The summed E-state index contributed by atoms with van der Waals surface area (Å²) < 4.78 is 24.2. The van der Waals surface area contributed by atoms with Crippen LogP contribution in [0.3, 0.4) is 0 Å². The van der Waals surface area contributed by atoms with E-state index in [2.05, 4.69) is 30.7 Å². The summed E-state index contributed by atoms with van der Waals surface area (Å²) in [6.07, 6.45) is 17.7. The molecule has 0 amide bonds. The van der Waals surface area contributed by atoms with Crippen molar-refractivity contribution in [2.24, 2.45) is 10.2 Å². The van der Waals surface area contributed by atoms with Gasteiger partial charge in [0.25, 0.3) is 0 Å². The quantitative estimate of drug-likeness (QED) is 0.0107. The zero-order valence-corrected chi connectivity index (χ0v) is 38.3. The van der Waals surface area contributed by atoms with E-state index < -0.39 is 16.6 Å². The van der Waals surface area contributed by atoms with Crippen LogP contribution in [0.4, 0.5) is 22.7 Å². The highest BCUT2D eigenvalue weighted by molar-refractivity contribution is 5.92. The maximum Gasteiger partial charge on any atom is 0.343 e. The molecule has 1 N–H and O–H groups in total. The normalized spacial score (nSPS) is 12.2. The minimum Gasteiger partial charge on any atom is -0.506 e. The number of aromatic hydroxyl groups is 1. The Hall–Kier alpha value is -5.91. The van der Waals surface area contributed by atoms with Crippen molar-refractivity contribution in [2.75, 3.05) is 25.6 Å². The van der Waals surface area contributed by atoms with E-state index in [1.54, 1.807) is 30.3 Å². The van der Waals surface area contributed by atoms with Crippen LogP contribution in [0.25, 0.3) is 11.1 Å². The fraction of sp³-hybridized carbons (Fsp3) is 0.471. The Balaban J connectivity index is 1.54. The number of azo groups is 1. The van der Waals surface area contributed by atoms with Crippen LogP contribution >= 0.6 is 0 Å². The number of esters is 1. The Bertz CT molecular complexity index is 2070. The van der Waals surface area contributed by atoms with Crippen molar-refractivity contribution in [1.29, 1.82) is 0 Å². The van der Waals surface area contributed by atoms with Crippen molar-refractivity contribution >= 4 is 28.7 Å². The van der Waals surface area contributed by atoms with Crippen molar-refractivity contribution in [2.45, 2.75) is 136 Å². The van der Waals surface area contributed by atoms with Gasteiger partial charge in [0.05, 0.1) is 41.1 Å². The van der Waals surface area contributed by atoms with E-state index in [-0.39, 0.29) is 46.4 Å². The van der Waals surface area contributed by atoms with E-state index in [1.807, 2.05) is 63.2 Å². The van der Waals surface area contributed by atoms with Crippen molar-refractivity contribution in [3.8, 4) is 39.9 Å². The van der Waals surface area contributed by atoms with Gasteiger partial charge in [-0.15, -0.1) is 16.8 Å². The van der Waals surface area contributed by atoms with Gasteiger partial charge in [0, 0.05) is 32.3 Å². The summed E-state index contributed by atoms with van der Waals surface area (Å²) in [5.41, 5.74) is 2.36. The van der Waals surface area contributed by atoms with E-state index in [1.165, 1.54) is 63.1 Å². The number of phenolic OH excluding ortho intramolecular Hbond substituents is 1. The van der Waals surface area contributed by atoms with Crippen LogP contribution in [0.5, 0.6) is 28.7 Å². The van der Waals surface area contributed by atoms with Crippen molar-refractivity contribution in [3.05, 3.63) is 101 Å². The minimum atomic E-state index is -0.792. The first kappa shape index (κ1) is 49.7. The lowest BCUT2D eigenvalue weighted by molar-refractivity contribution is -0.385. The maximum absolute atomic E-state index is 13.6. The summed E-state index contributed by atoms with van der Waals surface area (Å²) in [6.45, 7) is 12.7. The number of nitrogens with zero attached hydrogens (tertiary/aromatic N) is 4. The molecular weight excluding hydrogens is 797 g/mol. The molecular formula is C51H68N4O8. The summed E-state index contributed by atoms with van der Waals surface area (Å²) in [4.78, 5) is 27.2. The molecule has 0 fully saturated rings. The number of unbranched alkanes of at least 4 members (excludes halogenated alkanes) is 10. The predicted octanol–water partition coefficient (Wildman–Crippen LogP) is 14.7. The minimum absolute atomic E-state index is 0.0716. The molecule has 0 heterocycles. The monoisotopic (exact) mass is 865 g/mol. The van der Waals surface area contributed by atoms with Crippen molar-refractivity contribution in [1.82, 2.24) is 0 Å². The topological polar surface area (TPSA) is 145 Å². The highest BCUT2D eigenvalue weighted by atomic mass is 16.6. The molecule has 4 aromatic carbocycles. The molecule has 4 aromatic rings. The second-order valence-corrected chi connectivity index (χ2v) is 16.3. The van der Waals surface area contributed by atoms with Crippen LogP contribution in [0.2, 0.25) is 0 Å². The molecule has 340 valence electrons. The van der Waals surface area contributed by atoms with Crippen LogP contribution in [0.15, 0.2) is 95.7 Å². The number of hydrogen-bond acceptors (Lipinski definition) is 11. The van der Waals surface area contributed by atoms with Gasteiger partial charge in [0.1, 0.15) is 28.6 Å². The highest BCUT2D eigenvalue weighted by Gasteiger charge is 2.25. The molecule has 63 heavy (non-hydrogen) atoms. The van der Waals surface area contributed by atoms with Gasteiger partial charge >= 0.3 is 11.7 Å². The number of nitro benzene ring substituents is 1. The molecule has 0 aliphatic heterocycles. The number of carbonyl (C=O) groups excluding carboxylic acids is 1. The molecule has 0 spiro atoms. The Morgan fingerprint density at radius 2 is 1.30 bits per heavy atom. The number of hydrogen-bond donors (Lipinski definition) is 1. The molecule has 4 rings (SSSR count). The third kappa shape index (κ3) is 16.4. The number of anilines is 1. The lowest BCUT2D eigenvalue weighted by atomic mass is 10.0. The molecule has 0 aromatic heterocycles. The number of ether oxygens (including phenoxy) is 4. The first-order valence-electron chi connectivity index (χ1n) is 22.7. The summed E-state index contributed by atoms with van der Waals surface area (Å²) in [7, 11) is 3.68. The van der Waals surface area contributed by atoms with Crippen LogP contribution in [-0.2, 0) is 0 Å². The molecule has 12 heteroatoms. The van der Waals surface area contributed by atoms with Gasteiger partial charge in [-0.25, -0.2) is 4.79 Å². The maximum atomic E-state index is 13.6. The SMILES string of the molecule is C=CCC[C@H](C)Oc1cc(N=Nc2cc(OC(=O)c3ccc(-c4ccc(OCCCCCCCCCC)cc4)cc3)c([N+](=O)[O-])cc2O[C@@H](C)CCCCCC)c(O)cc1N(C)C. The smallest absolute Gasteiger partial charge is 0.343 e. The Labute approximate surface area is 374 Å². The predicted molar refractivity (Wildman–Crippen MR) is 253 cm³/mol. The third-order valence-electron chi connectivity index (χ3n) is 10.7. The Morgan fingerprint density at radius 1 is 0.746 bits per heavy atom. The molecule has 0 saturated carbocycles. The molecule has 12 nitrogen and oxygen atoms in total. The van der Waals surface area contributed by atoms with E-state index in [9.17, 15) is 20.0 Å². The number of nitro groups is 1. The third-order valence-corrected chi connectivity index (χ3v) is 10.7. The second kappa shape index (κ2) is 26.5. The van der Waals surface area contributed by atoms with Gasteiger partial charge in [-0.05, 0) is 81.3 Å². The largest absolute Gasteiger partial charge is 0.506 e. The van der Waals surface area contributed by atoms with Crippen LogP contribution in [0.1, 0.15) is 134 Å². The molecule has 2 atom stereocenters. The van der Waals surface area contributed by atoms with Crippen molar-refractivity contribution in [3.63, 3.8) is 0 Å². The lowest BCUT2D eigenvalue weighted by Crippen LogP contribution is -2.15. The average Bonchev–Trinajstić information content (AvgIpc) is 3.27. The van der Waals surface area contributed by atoms with Crippen molar-refractivity contribution < 1.29 is 33.8 Å². The fourth-order valence-corrected chi connectivity index (χ4v) is 7.00. The van der Waals surface area contributed by atoms with E-state index in [0.29, 0.717) is 24.5 Å². The van der Waals surface area contributed by atoms with Gasteiger partial charge in [-0.2, -0.15) is 0 Å². The van der Waals surface area contributed by atoms with Crippen LogP contribution in [0, 0.1) is 10.1 Å². The van der Waals surface area contributed by atoms with Crippen LogP contribution in [-0.4, -0.2) is 48.9 Å². The zero-order valence-electron chi connectivity index (χ0n) is 38.3. The van der Waals surface area contributed by atoms with E-state index in [0.717, 1.165) is 61.8 Å². The molecule has 0 aliphatic rings. The molecule has 0 radical (unpaired) electrons. The summed E-state index contributed by atoms with van der Waals surface area (Å²) >= 11 is 0. The number of rotatable bonds is 29. The van der Waals surface area contributed by atoms with Gasteiger partial charge in [0.2, 0.25) is 5.75 Å². The van der Waals surface area contributed by atoms with Gasteiger partial charge in [-0.1, -0.05) is 108 Å². The van der Waals surface area contributed by atoms with E-state index >= 15 is 0 Å². The summed E-state index contributed by atoms with van der Waals surface area (Å²) in [5.74, 6) is 0.0971. The molecule has 0 aliphatic carbocycles. The lowest BCUT2D eigenvalue weighted by Gasteiger charge is -2.22. The van der Waals surface area contributed by atoms with Crippen LogP contribution < -0.4 is 23.8 Å². The standard InChI is InChI=1S/C51H68N4O8/c1-8-11-14-16-17-18-19-21-32-60-42-30-28-40(29-31-42)39-24-26-41(27-25-39)51(57)63-50-34-44(48(36-46(50)55(58)59)61-38(5)23-20-15-12-9-2)53-52-43-33-49(62-37(4)22-13-10-3)45(54(6)7)35-47(43)56/h10,24-31,33-38,56H,3,8-9,11-23,32H2,1-2,4-7H3/t37-,38-/m0/s1. The molecule has 0 saturated heterocycles. The average molecular weight is 865 g/mol. The zero-order chi connectivity index (χ0) is 45.6. The van der Waals surface area contributed by atoms with E-state index in [4.69, 9.17) is 18.9 Å². The molecule has 0 bridgehead atoms. The number of phenols is 1. The summed E-state index contributed by atoms with van der Waals surface area (Å²) in [6, 6.07) is 20.3. The first-order chi connectivity index (χ1) is 30.4. The highest BCUT2D eigenvalue weighted by Crippen LogP contribution is 2.44. The fourth-order valence-electron chi connectivity index (χ4n) is 7.00. The number of allylic oxidation sites excluding steroid dienone is 1. The Morgan fingerprint density at radius 3 is 1.92 bits per heavy atom. The number of carbonyl (C=O) groups is 1. The van der Waals surface area contributed by atoms with Gasteiger partial charge in [0.15, 0.2) is 5.75 Å². The summed E-state index contributed by atoms with van der Waals surface area (Å²) in [5, 5.41) is 32.2. The first-order valence-corrected chi connectivity index (χ1v) is 22.7. The Kier molecular flexibility index (Phi) is 21.0.